The first-order valence-corrected chi connectivity index (χ1v) is 13.8. The molecule has 9 nitrogen and oxygen atoms in total. The smallest absolute Gasteiger partial charge is 0.324 e. The highest BCUT2D eigenvalue weighted by atomic mass is 35.5. The number of benzene rings is 1. The van der Waals surface area contributed by atoms with Gasteiger partial charge in [-0.05, 0) is 43.9 Å². The summed E-state index contributed by atoms with van der Waals surface area (Å²) in [6.07, 6.45) is 9.71. The fourth-order valence-corrected chi connectivity index (χ4v) is 5.44. The Morgan fingerprint density at radius 1 is 0.927 bits per heavy atom. The summed E-state index contributed by atoms with van der Waals surface area (Å²) in [6, 6.07) is 5.02. The Balaban J connectivity index is 0.000000202. The number of nitrogens with two attached hydrogens (primary N) is 1. The monoisotopic (exact) mass is 594 g/mol. The van der Waals surface area contributed by atoms with E-state index in [2.05, 4.69) is 25.6 Å². The lowest BCUT2D eigenvalue weighted by atomic mass is 9.92. The third-order valence-corrected chi connectivity index (χ3v) is 7.81. The quantitative estimate of drug-likeness (QED) is 0.182. The van der Waals surface area contributed by atoms with Gasteiger partial charge in [0.15, 0.2) is 5.82 Å². The number of H-pyrrole nitrogens is 1. The van der Waals surface area contributed by atoms with E-state index in [4.69, 9.17) is 17.3 Å². The minimum atomic E-state index is -2.57. The number of imidazole rings is 2. The SMILES string of the molecule is Nc1cn(C2CCC(F)(F)CC2)cn1.O=C(Nc1cn(C2CCC(F)(F)CC2)cn1)Nc1c[nH]c2ccc(Cl)cc12. The minimum Gasteiger partial charge on any atom is -0.382 e. The van der Waals surface area contributed by atoms with E-state index in [-0.39, 0.29) is 37.8 Å². The average molecular weight is 595 g/mol. The van der Waals surface area contributed by atoms with E-state index in [1.54, 1.807) is 47.9 Å². The van der Waals surface area contributed by atoms with Gasteiger partial charge in [0.25, 0.3) is 0 Å². The number of carbonyl (C=O) groups excluding carboxylic acids is 1. The van der Waals surface area contributed by atoms with E-state index in [9.17, 15) is 22.4 Å². The maximum absolute atomic E-state index is 13.3. The molecule has 2 aliphatic carbocycles. The van der Waals surface area contributed by atoms with Gasteiger partial charge in [-0.1, -0.05) is 11.6 Å². The van der Waals surface area contributed by atoms with Crippen LogP contribution < -0.4 is 16.4 Å². The fourth-order valence-electron chi connectivity index (χ4n) is 5.27. The molecule has 0 aliphatic heterocycles. The molecule has 0 unspecified atom stereocenters. The number of hydrogen-bond donors (Lipinski definition) is 4. The molecule has 2 fully saturated rings. The van der Waals surface area contributed by atoms with Crippen LogP contribution in [-0.4, -0.2) is 42.0 Å². The summed E-state index contributed by atoms with van der Waals surface area (Å²) < 4.78 is 55.9. The van der Waals surface area contributed by atoms with Gasteiger partial charge in [-0.3, -0.25) is 5.32 Å². The standard InChI is InChI=1S/C18H18ClF2N5O.C9H13F2N3/c19-11-1-2-14-13(7-11)15(8-22-14)24-17(27)25-16-9-26(10-23-16)12-3-5-18(20,21)6-4-12;10-9(11)3-1-7(2-4-9)14-5-8(12)13-6-14/h1-2,7-10,12,22H,3-6H2,(H2,24,25,27);5-7H,1-4,12H2. The molecule has 2 amide bonds. The largest absolute Gasteiger partial charge is 0.382 e. The lowest BCUT2D eigenvalue weighted by Crippen LogP contribution is -2.25. The molecule has 0 atom stereocenters. The van der Waals surface area contributed by atoms with Crippen molar-refractivity contribution in [3.63, 3.8) is 0 Å². The Morgan fingerprint density at radius 3 is 2.10 bits per heavy atom. The Kier molecular flexibility index (Phi) is 8.16. The van der Waals surface area contributed by atoms with Gasteiger partial charge in [-0.15, -0.1) is 0 Å². The molecule has 0 bridgehead atoms. The Labute approximate surface area is 238 Å². The predicted molar refractivity (Wildman–Crippen MR) is 150 cm³/mol. The Bertz CT molecular complexity index is 1480. The van der Waals surface area contributed by atoms with E-state index < -0.39 is 17.9 Å². The number of halogens is 5. The number of nitrogen functional groups attached to an aromatic ring is 1. The molecule has 3 heterocycles. The lowest BCUT2D eigenvalue weighted by molar-refractivity contribution is -0.0444. The second-order valence-corrected chi connectivity index (χ2v) is 11.0. The molecule has 5 N–H and O–H groups in total. The second-order valence-electron chi connectivity index (χ2n) is 10.6. The number of hydrogen-bond acceptors (Lipinski definition) is 4. The van der Waals surface area contributed by atoms with Gasteiger partial charge in [-0.25, -0.2) is 32.3 Å². The number of nitrogens with zero attached hydrogens (tertiary/aromatic N) is 4. The number of aromatic amines is 1. The Hall–Kier alpha value is -3.74. The summed E-state index contributed by atoms with van der Waals surface area (Å²) in [4.78, 5) is 23.3. The molecule has 0 saturated heterocycles. The summed E-state index contributed by atoms with van der Waals surface area (Å²) >= 11 is 6.01. The number of carbonyl (C=O) groups is 1. The zero-order chi connectivity index (χ0) is 29.2. The van der Waals surface area contributed by atoms with Gasteiger partial charge in [0.2, 0.25) is 11.8 Å². The van der Waals surface area contributed by atoms with Crippen LogP contribution in [-0.2, 0) is 0 Å². The van der Waals surface area contributed by atoms with Crippen molar-refractivity contribution in [3.05, 3.63) is 54.5 Å². The van der Waals surface area contributed by atoms with Crippen LogP contribution in [0.4, 0.5) is 39.7 Å². The second kappa shape index (κ2) is 11.6. The number of urea groups is 1. The number of anilines is 3. The van der Waals surface area contributed by atoms with Crippen LogP contribution >= 0.6 is 11.6 Å². The molecular weight excluding hydrogens is 564 g/mol. The van der Waals surface area contributed by atoms with Crippen LogP contribution in [0, 0.1) is 0 Å². The summed E-state index contributed by atoms with van der Waals surface area (Å²) in [5.41, 5.74) is 6.91. The topological polar surface area (TPSA) is 119 Å². The van der Waals surface area contributed by atoms with Crippen molar-refractivity contribution in [1.29, 1.82) is 0 Å². The number of fused-ring (bicyclic) bond motifs is 1. The van der Waals surface area contributed by atoms with Crippen LogP contribution in [0.15, 0.2) is 49.4 Å². The molecule has 0 radical (unpaired) electrons. The molecule has 6 rings (SSSR count). The summed E-state index contributed by atoms with van der Waals surface area (Å²) in [5.74, 6) is -4.23. The number of alkyl halides is 4. The van der Waals surface area contributed by atoms with Gasteiger partial charge < -0.3 is 25.2 Å². The van der Waals surface area contributed by atoms with Crippen molar-refractivity contribution >= 4 is 45.9 Å². The number of nitrogens with one attached hydrogen (secondary N) is 3. The summed E-state index contributed by atoms with van der Waals surface area (Å²) in [6.45, 7) is 0. The fraction of sp³-hybridized carbons (Fsp3) is 0.444. The molecule has 41 heavy (non-hydrogen) atoms. The Morgan fingerprint density at radius 2 is 1.51 bits per heavy atom. The van der Waals surface area contributed by atoms with E-state index in [1.807, 2.05) is 10.6 Å². The predicted octanol–water partition coefficient (Wildman–Crippen LogP) is 7.63. The van der Waals surface area contributed by atoms with Gasteiger partial charge in [0.05, 0.1) is 18.3 Å². The van der Waals surface area contributed by atoms with Crippen molar-refractivity contribution in [1.82, 2.24) is 24.1 Å². The minimum absolute atomic E-state index is 0.0218. The van der Waals surface area contributed by atoms with Gasteiger partial charge in [-0.2, -0.15) is 0 Å². The number of aromatic nitrogens is 5. The highest BCUT2D eigenvalue weighted by Crippen LogP contribution is 2.39. The van der Waals surface area contributed by atoms with Crippen LogP contribution in [0.1, 0.15) is 63.5 Å². The first-order valence-electron chi connectivity index (χ1n) is 13.4. The third kappa shape index (κ3) is 7.32. The number of amides is 2. The number of rotatable bonds is 4. The maximum atomic E-state index is 13.3. The van der Waals surface area contributed by atoms with Crippen LogP contribution in [0.3, 0.4) is 0 Å². The molecule has 0 spiro atoms. The van der Waals surface area contributed by atoms with Crippen molar-refractivity contribution < 1.29 is 22.4 Å². The molecule has 220 valence electrons. The van der Waals surface area contributed by atoms with Crippen molar-refractivity contribution in [3.8, 4) is 0 Å². The summed E-state index contributed by atoms with van der Waals surface area (Å²) in [5, 5.41) is 6.78. The van der Waals surface area contributed by atoms with Crippen LogP contribution in [0.2, 0.25) is 5.02 Å². The first kappa shape index (κ1) is 28.8. The highest BCUT2D eigenvalue weighted by molar-refractivity contribution is 6.31. The van der Waals surface area contributed by atoms with E-state index >= 15 is 0 Å². The lowest BCUT2D eigenvalue weighted by Gasteiger charge is -2.28. The zero-order valence-electron chi connectivity index (χ0n) is 22.1. The molecule has 2 saturated carbocycles. The van der Waals surface area contributed by atoms with Gasteiger partial charge in [0, 0.05) is 72.3 Å². The van der Waals surface area contributed by atoms with Crippen molar-refractivity contribution in [2.45, 2.75) is 75.3 Å². The average Bonchev–Trinajstić information content (AvgIpc) is 3.65. The van der Waals surface area contributed by atoms with Crippen LogP contribution in [0.5, 0.6) is 0 Å². The van der Waals surface area contributed by atoms with E-state index in [1.165, 1.54) is 0 Å². The van der Waals surface area contributed by atoms with Crippen LogP contribution in [0.25, 0.3) is 10.9 Å². The normalized spacial score (nSPS) is 19.0. The van der Waals surface area contributed by atoms with Gasteiger partial charge in [0.1, 0.15) is 5.82 Å². The van der Waals surface area contributed by atoms with Crippen molar-refractivity contribution in [2.75, 3.05) is 16.4 Å². The molecular formula is C27H31ClF4N8O. The molecule has 3 aromatic heterocycles. The summed E-state index contributed by atoms with van der Waals surface area (Å²) in [7, 11) is 0. The van der Waals surface area contributed by atoms with Crippen molar-refractivity contribution in [2.24, 2.45) is 0 Å². The molecule has 2 aliphatic rings. The highest BCUT2D eigenvalue weighted by Gasteiger charge is 2.36. The molecule has 4 aromatic rings. The van der Waals surface area contributed by atoms with Gasteiger partial charge >= 0.3 is 6.03 Å². The zero-order valence-corrected chi connectivity index (χ0v) is 22.9. The maximum Gasteiger partial charge on any atom is 0.324 e. The molecule has 1 aromatic carbocycles. The first-order chi connectivity index (χ1) is 19.5. The molecule has 14 heteroatoms. The van der Waals surface area contributed by atoms with E-state index in [0.717, 1.165) is 10.9 Å². The third-order valence-electron chi connectivity index (χ3n) is 7.57. The van der Waals surface area contributed by atoms with E-state index in [0.29, 0.717) is 48.0 Å².